The van der Waals surface area contributed by atoms with E-state index in [1.54, 1.807) is 5.57 Å². The highest BCUT2D eigenvalue weighted by Gasteiger charge is 2.59. The van der Waals surface area contributed by atoms with Crippen molar-refractivity contribution in [3.8, 4) is 0 Å². The van der Waals surface area contributed by atoms with Crippen molar-refractivity contribution in [1.82, 2.24) is 0 Å². The Bertz CT molecular complexity index is 875. The van der Waals surface area contributed by atoms with E-state index in [1.807, 2.05) is 0 Å². The lowest BCUT2D eigenvalue weighted by Crippen LogP contribution is -2.50. The first-order valence-corrected chi connectivity index (χ1v) is 17.4. The Balaban J connectivity index is 1.47. The normalized spacial score (nSPS) is 39.3. The lowest BCUT2D eigenvalue weighted by atomic mass is 9.46. The van der Waals surface area contributed by atoms with Gasteiger partial charge in [-0.15, -0.1) is 0 Å². The van der Waals surface area contributed by atoms with E-state index in [4.69, 9.17) is 0 Å². The molecule has 0 saturated heterocycles. The molecule has 38 heavy (non-hydrogen) atoms. The Morgan fingerprint density at radius 2 is 1.84 bits per heavy atom. The topological polar surface area (TPSA) is 37.3 Å². The van der Waals surface area contributed by atoms with Crippen LogP contribution >= 0.6 is 15.9 Å². The van der Waals surface area contributed by atoms with Crippen LogP contribution in [-0.4, -0.2) is 16.4 Å². The molecule has 216 valence electrons. The number of alkyl halides is 1. The SMILES string of the molecule is CC[C@H](/C=C/[C@@H](C)[C@H]1CC[C@H]2[C@@H]3CC=C4C[C@@H](C(CCCCBr)C(=O)O)CC[C@]4(C)[C@H]3CC[C@]12C)C(C)C. The second-order valence-electron chi connectivity index (χ2n) is 14.7. The summed E-state index contributed by atoms with van der Waals surface area (Å²) in [5, 5.41) is 11.0. The fraction of sp³-hybridized carbons (Fsp3) is 0.857. The standard InChI is InChI=1S/C35H57BrO2/c1-7-25(23(2)3)12-11-24(4)30-15-16-31-29-14-13-27-22-26(28(33(37)38)10-8-9-21-36)17-19-34(27,5)32(29)18-20-35(30,31)6/h11-13,23-26,28-32H,7-10,14-22H2,1-6H3,(H,37,38)/b12-11+/t24-,25-,26+,28?,29+,30-,31+,32+,34+,35-/m1/s1. The summed E-state index contributed by atoms with van der Waals surface area (Å²) in [5.41, 5.74) is 2.41. The molecule has 0 aromatic rings. The minimum Gasteiger partial charge on any atom is -0.481 e. The number of allylic oxidation sites excluding steroid dienone is 4. The molecule has 3 fully saturated rings. The second kappa shape index (κ2) is 12.5. The number of unbranched alkanes of at least 4 members (excludes halogenated alkanes) is 1. The van der Waals surface area contributed by atoms with Gasteiger partial charge in [0.25, 0.3) is 0 Å². The maximum Gasteiger partial charge on any atom is 0.306 e. The maximum absolute atomic E-state index is 12.2. The third-order valence-electron chi connectivity index (χ3n) is 12.6. The van der Waals surface area contributed by atoms with Gasteiger partial charge in [-0.05, 0) is 129 Å². The fourth-order valence-corrected chi connectivity index (χ4v) is 10.6. The van der Waals surface area contributed by atoms with Crippen LogP contribution in [-0.2, 0) is 4.79 Å². The van der Waals surface area contributed by atoms with Crippen LogP contribution in [0, 0.1) is 64.1 Å². The number of carboxylic acids is 1. The van der Waals surface area contributed by atoms with Crippen molar-refractivity contribution in [2.75, 3.05) is 5.33 Å². The number of hydrogen-bond acceptors (Lipinski definition) is 1. The van der Waals surface area contributed by atoms with Crippen LogP contribution in [0.15, 0.2) is 23.8 Å². The van der Waals surface area contributed by atoms with Crippen LogP contribution in [0.25, 0.3) is 0 Å². The van der Waals surface area contributed by atoms with E-state index in [2.05, 4.69) is 75.7 Å². The molecule has 10 atom stereocenters. The molecule has 2 nitrogen and oxygen atoms in total. The van der Waals surface area contributed by atoms with Gasteiger partial charge in [0.1, 0.15) is 0 Å². The summed E-state index contributed by atoms with van der Waals surface area (Å²) in [6.07, 6.45) is 22.1. The Hall–Kier alpha value is -0.570. The fourth-order valence-electron chi connectivity index (χ4n) is 10.2. The maximum atomic E-state index is 12.2. The van der Waals surface area contributed by atoms with Gasteiger partial charge in [-0.25, -0.2) is 0 Å². The Labute approximate surface area is 243 Å². The Morgan fingerprint density at radius 3 is 2.50 bits per heavy atom. The lowest BCUT2D eigenvalue weighted by molar-refractivity contribution is -0.144. The van der Waals surface area contributed by atoms with Gasteiger partial charge in [0, 0.05) is 5.33 Å². The molecule has 3 saturated carbocycles. The third kappa shape index (κ3) is 5.75. The third-order valence-corrected chi connectivity index (χ3v) is 13.2. The van der Waals surface area contributed by atoms with Crippen molar-refractivity contribution in [3.63, 3.8) is 0 Å². The zero-order valence-corrected chi connectivity index (χ0v) is 26.9. The summed E-state index contributed by atoms with van der Waals surface area (Å²) in [6, 6.07) is 0. The molecule has 1 unspecified atom stereocenters. The highest BCUT2D eigenvalue weighted by molar-refractivity contribution is 9.09. The van der Waals surface area contributed by atoms with E-state index in [9.17, 15) is 9.90 Å². The summed E-state index contributed by atoms with van der Waals surface area (Å²) < 4.78 is 0. The number of carboxylic acid groups (broad SMARTS) is 1. The Kier molecular flexibility index (Phi) is 10.0. The highest BCUT2D eigenvalue weighted by atomic mass is 79.9. The summed E-state index contributed by atoms with van der Waals surface area (Å²) >= 11 is 3.51. The summed E-state index contributed by atoms with van der Waals surface area (Å²) in [5.74, 6) is 5.01. The molecular formula is C35H57BrO2. The van der Waals surface area contributed by atoms with Crippen LogP contribution < -0.4 is 0 Å². The number of fused-ring (bicyclic) bond motifs is 5. The van der Waals surface area contributed by atoms with E-state index < -0.39 is 5.97 Å². The van der Waals surface area contributed by atoms with Crippen LogP contribution in [0.4, 0.5) is 0 Å². The van der Waals surface area contributed by atoms with Gasteiger partial charge >= 0.3 is 5.97 Å². The smallest absolute Gasteiger partial charge is 0.306 e. The van der Waals surface area contributed by atoms with Crippen molar-refractivity contribution in [3.05, 3.63) is 23.8 Å². The largest absolute Gasteiger partial charge is 0.481 e. The molecule has 1 N–H and O–H groups in total. The molecular weight excluding hydrogens is 532 g/mol. The number of hydrogen-bond donors (Lipinski definition) is 1. The van der Waals surface area contributed by atoms with Crippen LogP contribution in [0.3, 0.4) is 0 Å². The van der Waals surface area contributed by atoms with Crippen molar-refractivity contribution >= 4 is 21.9 Å². The van der Waals surface area contributed by atoms with Gasteiger partial charge in [-0.3, -0.25) is 4.79 Å². The highest BCUT2D eigenvalue weighted by Crippen LogP contribution is 2.67. The molecule has 4 rings (SSSR count). The van der Waals surface area contributed by atoms with E-state index in [0.717, 1.165) is 67.0 Å². The molecule has 0 heterocycles. The molecule has 3 heteroatoms. The van der Waals surface area contributed by atoms with Crippen LogP contribution in [0.1, 0.15) is 119 Å². The molecule has 0 aliphatic heterocycles. The zero-order valence-electron chi connectivity index (χ0n) is 25.4. The van der Waals surface area contributed by atoms with Gasteiger partial charge in [0.2, 0.25) is 0 Å². The van der Waals surface area contributed by atoms with Gasteiger partial charge in [-0.2, -0.15) is 0 Å². The number of aliphatic carboxylic acids is 1. The predicted molar refractivity (Wildman–Crippen MR) is 164 cm³/mol. The zero-order chi connectivity index (χ0) is 27.7. The summed E-state index contributed by atoms with van der Waals surface area (Å²) in [6.45, 7) is 14.8. The first-order valence-electron chi connectivity index (χ1n) is 16.2. The number of halogens is 1. The first-order chi connectivity index (χ1) is 18.1. The minimum absolute atomic E-state index is 0.167. The average Bonchev–Trinajstić information content (AvgIpc) is 3.23. The van der Waals surface area contributed by atoms with Gasteiger partial charge in [0.05, 0.1) is 5.92 Å². The molecule has 0 amide bonds. The van der Waals surface area contributed by atoms with Crippen LogP contribution in [0.5, 0.6) is 0 Å². The average molecular weight is 590 g/mol. The summed E-state index contributed by atoms with van der Waals surface area (Å²) in [4.78, 5) is 12.2. The molecule has 0 bridgehead atoms. The van der Waals surface area contributed by atoms with E-state index in [0.29, 0.717) is 28.6 Å². The summed E-state index contributed by atoms with van der Waals surface area (Å²) in [7, 11) is 0. The second-order valence-corrected chi connectivity index (χ2v) is 15.5. The van der Waals surface area contributed by atoms with E-state index >= 15 is 0 Å². The monoisotopic (exact) mass is 588 g/mol. The molecule has 0 aromatic heterocycles. The minimum atomic E-state index is -0.560. The quantitative estimate of drug-likeness (QED) is 0.148. The first kappa shape index (κ1) is 30.4. The number of carbonyl (C=O) groups is 1. The van der Waals surface area contributed by atoms with Crippen molar-refractivity contribution in [2.24, 2.45) is 64.1 Å². The van der Waals surface area contributed by atoms with Gasteiger partial charge < -0.3 is 5.11 Å². The van der Waals surface area contributed by atoms with E-state index in [1.165, 1.54) is 44.9 Å². The molecule has 4 aliphatic rings. The molecule has 4 aliphatic carbocycles. The van der Waals surface area contributed by atoms with Gasteiger partial charge in [0.15, 0.2) is 0 Å². The Morgan fingerprint density at radius 1 is 1.08 bits per heavy atom. The predicted octanol–water partition coefficient (Wildman–Crippen LogP) is 10.3. The van der Waals surface area contributed by atoms with Crippen LogP contribution in [0.2, 0.25) is 0 Å². The van der Waals surface area contributed by atoms with Gasteiger partial charge in [-0.1, -0.05) is 87.7 Å². The molecule has 0 radical (unpaired) electrons. The molecule has 0 aromatic carbocycles. The van der Waals surface area contributed by atoms with Crippen molar-refractivity contribution in [2.45, 2.75) is 119 Å². The van der Waals surface area contributed by atoms with Crippen molar-refractivity contribution < 1.29 is 9.90 Å². The van der Waals surface area contributed by atoms with Crippen molar-refractivity contribution in [1.29, 1.82) is 0 Å². The van der Waals surface area contributed by atoms with E-state index in [-0.39, 0.29) is 5.92 Å². The lowest BCUT2D eigenvalue weighted by Gasteiger charge is -2.58. The molecule has 0 spiro atoms. The number of rotatable bonds is 11.